The highest BCUT2D eigenvalue weighted by Crippen LogP contribution is 2.25. The van der Waals surface area contributed by atoms with Crippen LogP contribution in [0.1, 0.15) is 34.4 Å². The summed E-state index contributed by atoms with van der Waals surface area (Å²) in [5.41, 5.74) is 1.72. The maximum absolute atomic E-state index is 12.5. The molecular formula is C16H12N2O2. The average Bonchev–Trinajstić information content (AvgIpc) is 3.12. The first kappa shape index (κ1) is 12.2. The molecule has 0 bridgehead atoms. The van der Waals surface area contributed by atoms with Crippen molar-refractivity contribution < 1.29 is 9.21 Å². The van der Waals surface area contributed by atoms with Crippen molar-refractivity contribution in [1.29, 1.82) is 5.26 Å². The lowest BCUT2D eigenvalue weighted by Crippen LogP contribution is -1.99. The Bertz CT molecular complexity index is 834. The second-order valence-corrected chi connectivity index (χ2v) is 4.49. The summed E-state index contributed by atoms with van der Waals surface area (Å²) in [6.07, 6.45) is 2.37. The normalized spacial score (nSPS) is 10.6. The van der Waals surface area contributed by atoms with Gasteiger partial charge in [-0.2, -0.15) is 5.26 Å². The predicted octanol–water partition coefficient (Wildman–Crippen LogP) is 3.43. The second kappa shape index (κ2) is 4.71. The molecule has 0 aliphatic heterocycles. The number of nitriles is 1. The average molecular weight is 264 g/mol. The Kier molecular flexibility index (Phi) is 2.88. The van der Waals surface area contributed by atoms with E-state index in [1.165, 1.54) is 0 Å². The van der Waals surface area contributed by atoms with Gasteiger partial charge in [-0.15, -0.1) is 0 Å². The number of carbonyl (C=O) groups is 1. The molecule has 0 saturated heterocycles. The zero-order chi connectivity index (χ0) is 14.1. The smallest absolute Gasteiger partial charge is 0.230 e. The maximum Gasteiger partial charge on any atom is 0.230 e. The van der Waals surface area contributed by atoms with E-state index in [9.17, 15) is 10.1 Å². The first-order chi connectivity index (χ1) is 9.74. The van der Waals surface area contributed by atoms with Crippen molar-refractivity contribution in [3.63, 3.8) is 0 Å². The van der Waals surface area contributed by atoms with Crippen LogP contribution in [0.4, 0.5) is 0 Å². The third kappa shape index (κ3) is 1.81. The SMILES string of the molecule is CCc1ccc(C(=O)c2c[nH]c3cccc(C#N)c23)o1. The van der Waals surface area contributed by atoms with Gasteiger partial charge in [0.2, 0.25) is 5.78 Å². The summed E-state index contributed by atoms with van der Waals surface area (Å²) in [6, 6.07) is 10.9. The number of aryl methyl sites for hydroxylation is 1. The Morgan fingerprint density at radius 2 is 2.20 bits per heavy atom. The number of ketones is 1. The molecule has 1 aromatic carbocycles. The largest absolute Gasteiger partial charge is 0.458 e. The van der Waals surface area contributed by atoms with Crippen LogP contribution in [0.3, 0.4) is 0 Å². The van der Waals surface area contributed by atoms with E-state index < -0.39 is 0 Å². The van der Waals surface area contributed by atoms with Crippen molar-refractivity contribution in [2.45, 2.75) is 13.3 Å². The summed E-state index contributed by atoms with van der Waals surface area (Å²) in [6.45, 7) is 1.96. The van der Waals surface area contributed by atoms with E-state index in [-0.39, 0.29) is 5.78 Å². The minimum Gasteiger partial charge on any atom is -0.458 e. The monoisotopic (exact) mass is 264 g/mol. The Labute approximate surface area is 115 Å². The zero-order valence-corrected chi connectivity index (χ0v) is 10.9. The number of nitrogens with one attached hydrogen (secondary N) is 1. The molecule has 4 heteroatoms. The molecule has 1 N–H and O–H groups in total. The minimum atomic E-state index is -0.210. The Hall–Kier alpha value is -2.80. The van der Waals surface area contributed by atoms with E-state index >= 15 is 0 Å². The Morgan fingerprint density at radius 3 is 2.90 bits per heavy atom. The molecule has 2 aromatic heterocycles. The van der Waals surface area contributed by atoms with Crippen LogP contribution in [0.25, 0.3) is 10.9 Å². The first-order valence-corrected chi connectivity index (χ1v) is 6.38. The number of hydrogen-bond donors (Lipinski definition) is 1. The van der Waals surface area contributed by atoms with Crippen LogP contribution in [-0.4, -0.2) is 10.8 Å². The van der Waals surface area contributed by atoms with Gasteiger partial charge < -0.3 is 9.40 Å². The number of benzene rings is 1. The lowest BCUT2D eigenvalue weighted by Gasteiger charge is -1.98. The van der Waals surface area contributed by atoms with Gasteiger partial charge in [-0.1, -0.05) is 13.0 Å². The molecule has 0 atom stereocenters. The van der Waals surface area contributed by atoms with Crippen molar-refractivity contribution >= 4 is 16.7 Å². The molecule has 0 aliphatic carbocycles. The molecule has 4 nitrogen and oxygen atoms in total. The van der Waals surface area contributed by atoms with Crippen molar-refractivity contribution in [2.24, 2.45) is 0 Å². The molecule has 0 radical (unpaired) electrons. The lowest BCUT2D eigenvalue weighted by molar-refractivity contribution is 0.101. The van der Waals surface area contributed by atoms with Gasteiger partial charge in [-0.05, 0) is 24.3 Å². The Balaban J connectivity index is 2.15. The number of rotatable bonds is 3. The molecule has 3 rings (SSSR count). The van der Waals surface area contributed by atoms with Gasteiger partial charge in [0, 0.05) is 23.5 Å². The predicted molar refractivity (Wildman–Crippen MR) is 74.5 cm³/mol. The van der Waals surface area contributed by atoms with Crippen molar-refractivity contribution in [1.82, 2.24) is 4.98 Å². The number of H-pyrrole nitrogens is 1. The zero-order valence-electron chi connectivity index (χ0n) is 10.9. The van der Waals surface area contributed by atoms with Crippen LogP contribution >= 0.6 is 0 Å². The molecule has 20 heavy (non-hydrogen) atoms. The van der Waals surface area contributed by atoms with E-state index in [4.69, 9.17) is 4.42 Å². The molecule has 0 spiro atoms. The van der Waals surface area contributed by atoms with Crippen LogP contribution in [0.2, 0.25) is 0 Å². The fourth-order valence-corrected chi connectivity index (χ4v) is 2.28. The van der Waals surface area contributed by atoms with Gasteiger partial charge in [0.05, 0.1) is 17.2 Å². The fourth-order valence-electron chi connectivity index (χ4n) is 2.28. The number of aromatic amines is 1. The number of nitrogens with zero attached hydrogens (tertiary/aromatic N) is 1. The highest BCUT2D eigenvalue weighted by atomic mass is 16.3. The van der Waals surface area contributed by atoms with E-state index in [1.54, 1.807) is 30.5 Å². The number of furan rings is 1. The molecule has 2 heterocycles. The fraction of sp³-hybridized carbons (Fsp3) is 0.125. The van der Waals surface area contributed by atoms with Gasteiger partial charge >= 0.3 is 0 Å². The van der Waals surface area contributed by atoms with E-state index in [0.717, 1.165) is 17.7 Å². The standard InChI is InChI=1S/C16H12N2O2/c1-2-11-6-7-14(20-11)16(19)12-9-18-13-5-3-4-10(8-17)15(12)13/h3-7,9,18H,2H2,1H3. The van der Waals surface area contributed by atoms with Gasteiger partial charge in [0.1, 0.15) is 5.76 Å². The summed E-state index contributed by atoms with van der Waals surface area (Å²) in [5, 5.41) is 9.82. The highest BCUT2D eigenvalue weighted by molar-refractivity contribution is 6.16. The molecule has 0 amide bonds. The van der Waals surface area contributed by atoms with Crippen LogP contribution in [0, 0.1) is 11.3 Å². The van der Waals surface area contributed by atoms with Crippen molar-refractivity contribution in [3.8, 4) is 6.07 Å². The summed E-state index contributed by atoms with van der Waals surface area (Å²) in [5.74, 6) is 0.864. The molecule has 0 saturated carbocycles. The summed E-state index contributed by atoms with van der Waals surface area (Å²) in [7, 11) is 0. The first-order valence-electron chi connectivity index (χ1n) is 6.38. The quantitative estimate of drug-likeness (QED) is 0.737. The highest BCUT2D eigenvalue weighted by Gasteiger charge is 2.19. The molecule has 98 valence electrons. The molecule has 3 aromatic rings. The van der Waals surface area contributed by atoms with E-state index in [0.29, 0.717) is 22.3 Å². The number of aromatic nitrogens is 1. The maximum atomic E-state index is 12.5. The van der Waals surface area contributed by atoms with Gasteiger partial charge in [-0.3, -0.25) is 4.79 Å². The molecular weight excluding hydrogens is 252 g/mol. The van der Waals surface area contributed by atoms with Gasteiger partial charge in [0.15, 0.2) is 5.76 Å². The van der Waals surface area contributed by atoms with Gasteiger partial charge in [-0.25, -0.2) is 0 Å². The number of fused-ring (bicyclic) bond motifs is 1. The van der Waals surface area contributed by atoms with Crippen molar-refractivity contribution in [3.05, 3.63) is 59.2 Å². The summed E-state index contributed by atoms with van der Waals surface area (Å²) < 4.78 is 5.49. The van der Waals surface area contributed by atoms with E-state index in [2.05, 4.69) is 11.1 Å². The topological polar surface area (TPSA) is 69.8 Å². The summed E-state index contributed by atoms with van der Waals surface area (Å²) in [4.78, 5) is 15.5. The van der Waals surface area contributed by atoms with E-state index in [1.807, 2.05) is 13.0 Å². The lowest BCUT2D eigenvalue weighted by atomic mass is 10.0. The molecule has 0 fully saturated rings. The Morgan fingerprint density at radius 1 is 1.35 bits per heavy atom. The molecule has 0 unspecified atom stereocenters. The van der Waals surface area contributed by atoms with Gasteiger partial charge in [0.25, 0.3) is 0 Å². The minimum absolute atomic E-state index is 0.210. The third-order valence-electron chi connectivity index (χ3n) is 3.30. The molecule has 0 aliphatic rings. The van der Waals surface area contributed by atoms with Crippen LogP contribution in [0.15, 0.2) is 40.9 Å². The van der Waals surface area contributed by atoms with Crippen LogP contribution < -0.4 is 0 Å². The van der Waals surface area contributed by atoms with Crippen molar-refractivity contribution in [2.75, 3.05) is 0 Å². The number of hydrogen-bond acceptors (Lipinski definition) is 3. The van der Waals surface area contributed by atoms with Crippen LogP contribution in [-0.2, 0) is 6.42 Å². The number of carbonyl (C=O) groups excluding carboxylic acids is 1. The summed E-state index contributed by atoms with van der Waals surface area (Å²) >= 11 is 0. The van der Waals surface area contributed by atoms with Crippen LogP contribution in [0.5, 0.6) is 0 Å². The third-order valence-corrected chi connectivity index (χ3v) is 3.30. The second-order valence-electron chi connectivity index (χ2n) is 4.49.